The molecule has 1 amide bonds. The number of pyridine rings is 1. The van der Waals surface area contributed by atoms with Gasteiger partial charge in [-0.3, -0.25) is 14.8 Å². The first-order valence-corrected chi connectivity index (χ1v) is 13.8. The SMILES string of the molecule is COc1cccc(F)c1CN1CC(NC(=O)c2ccc3[nH]nc(-c4ccc5nccn5c4)c3c2)CCC1C1CC1. The number of nitrogens with zero attached hydrogens (tertiary/aromatic N) is 4. The average Bonchev–Trinajstić information content (AvgIpc) is 3.55. The number of piperidine rings is 1. The van der Waals surface area contributed by atoms with Crippen molar-refractivity contribution in [1.82, 2.24) is 29.8 Å². The molecule has 40 heavy (non-hydrogen) atoms. The summed E-state index contributed by atoms with van der Waals surface area (Å²) < 4.78 is 22.2. The van der Waals surface area contributed by atoms with E-state index in [-0.39, 0.29) is 17.8 Å². The van der Waals surface area contributed by atoms with Crippen molar-refractivity contribution >= 4 is 22.5 Å². The van der Waals surface area contributed by atoms with Crippen LogP contribution in [-0.4, -0.2) is 56.1 Å². The lowest BCUT2D eigenvalue weighted by Crippen LogP contribution is -2.52. The summed E-state index contributed by atoms with van der Waals surface area (Å²) in [7, 11) is 1.58. The number of likely N-dealkylation sites (tertiary alicyclic amines) is 1. The predicted octanol–water partition coefficient (Wildman–Crippen LogP) is 5.20. The number of fused-ring (bicyclic) bond motifs is 2. The van der Waals surface area contributed by atoms with Crippen LogP contribution in [0.2, 0.25) is 0 Å². The van der Waals surface area contributed by atoms with Gasteiger partial charge in [-0.15, -0.1) is 0 Å². The van der Waals surface area contributed by atoms with Crippen LogP contribution in [0.3, 0.4) is 0 Å². The number of carbonyl (C=O) groups is 1. The van der Waals surface area contributed by atoms with Crippen LogP contribution in [0.25, 0.3) is 27.8 Å². The molecule has 9 heteroatoms. The molecule has 2 N–H and O–H groups in total. The maximum atomic E-state index is 14.8. The lowest BCUT2D eigenvalue weighted by atomic mass is 9.93. The molecule has 0 radical (unpaired) electrons. The van der Waals surface area contributed by atoms with Crippen LogP contribution >= 0.6 is 0 Å². The van der Waals surface area contributed by atoms with E-state index in [9.17, 15) is 9.18 Å². The van der Waals surface area contributed by atoms with Crippen molar-refractivity contribution in [2.75, 3.05) is 13.7 Å². The second-order valence-corrected chi connectivity index (χ2v) is 10.9. The van der Waals surface area contributed by atoms with E-state index in [1.54, 1.807) is 19.4 Å². The number of carbonyl (C=O) groups excluding carboxylic acids is 1. The van der Waals surface area contributed by atoms with Crippen LogP contribution in [-0.2, 0) is 6.54 Å². The Morgan fingerprint density at radius 3 is 2.90 bits per heavy atom. The van der Waals surface area contributed by atoms with E-state index in [2.05, 4.69) is 25.4 Å². The minimum absolute atomic E-state index is 0.0246. The Balaban J connectivity index is 1.11. The summed E-state index contributed by atoms with van der Waals surface area (Å²) in [5.41, 5.74) is 4.62. The Labute approximate surface area is 231 Å². The first-order chi connectivity index (χ1) is 19.6. The summed E-state index contributed by atoms with van der Waals surface area (Å²) in [6, 6.07) is 14.9. The minimum atomic E-state index is -0.253. The average molecular weight is 539 g/mol. The van der Waals surface area contributed by atoms with Gasteiger partial charge in [0.1, 0.15) is 22.9 Å². The van der Waals surface area contributed by atoms with E-state index in [0.717, 1.165) is 40.6 Å². The molecule has 8 nitrogen and oxygen atoms in total. The molecule has 1 aliphatic heterocycles. The molecule has 5 aromatic rings. The highest BCUT2D eigenvalue weighted by atomic mass is 19.1. The number of aromatic amines is 1. The number of nitrogens with one attached hydrogen (secondary N) is 2. The van der Waals surface area contributed by atoms with Crippen molar-refractivity contribution in [3.63, 3.8) is 0 Å². The highest BCUT2D eigenvalue weighted by molar-refractivity contribution is 6.01. The number of amides is 1. The smallest absolute Gasteiger partial charge is 0.251 e. The third kappa shape index (κ3) is 4.60. The summed E-state index contributed by atoms with van der Waals surface area (Å²) in [5, 5.41) is 11.8. The van der Waals surface area contributed by atoms with Crippen molar-refractivity contribution in [2.24, 2.45) is 5.92 Å². The molecule has 0 bridgehead atoms. The van der Waals surface area contributed by atoms with Gasteiger partial charge < -0.3 is 14.5 Å². The van der Waals surface area contributed by atoms with E-state index in [4.69, 9.17) is 4.74 Å². The molecule has 1 saturated carbocycles. The first-order valence-electron chi connectivity index (χ1n) is 13.8. The van der Waals surface area contributed by atoms with Crippen LogP contribution in [0.4, 0.5) is 4.39 Å². The number of ether oxygens (including phenoxy) is 1. The molecule has 2 aromatic carbocycles. The fourth-order valence-corrected chi connectivity index (χ4v) is 6.17. The van der Waals surface area contributed by atoms with E-state index < -0.39 is 0 Å². The number of H-pyrrole nitrogens is 1. The number of imidazole rings is 1. The Hall–Kier alpha value is -4.24. The molecular weight excluding hydrogens is 507 g/mol. The lowest BCUT2D eigenvalue weighted by molar-refractivity contribution is 0.0783. The number of hydrogen-bond donors (Lipinski definition) is 2. The maximum Gasteiger partial charge on any atom is 0.251 e. The van der Waals surface area contributed by atoms with Crippen LogP contribution in [0, 0.1) is 11.7 Å². The highest BCUT2D eigenvalue weighted by Gasteiger charge is 2.39. The number of methoxy groups -OCH3 is 1. The third-order valence-electron chi connectivity index (χ3n) is 8.38. The van der Waals surface area contributed by atoms with Crippen molar-refractivity contribution in [2.45, 2.75) is 44.3 Å². The van der Waals surface area contributed by atoms with Crippen molar-refractivity contribution < 1.29 is 13.9 Å². The Bertz CT molecular complexity index is 1710. The molecule has 0 spiro atoms. The molecule has 2 aliphatic rings. The van der Waals surface area contributed by atoms with Gasteiger partial charge in [0.2, 0.25) is 0 Å². The topological polar surface area (TPSA) is 87.5 Å². The molecule has 4 heterocycles. The van der Waals surface area contributed by atoms with Gasteiger partial charge in [0, 0.05) is 65.8 Å². The zero-order valence-corrected chi connectivity index (χ0v) is 22.3. The van der Waals surface area contributed by atoms with E-state index in [1.807, 2.05) is 53.2 Å². The van der Waals surface area contributed by atoms with E-state index in [0.29, 0.717) is 41.9 Å². The fourth-order valence-electron chi connectivity index (χ4n) is 6.17. The standard InChI is InChI=1S/C31H31FN6O2/c1-40-28-4-2-3-25(32)24(28)18-38-17-22(9-11-27(38)19-5-6-19)34-31(39)20-7-10-26-23(15-20)30(36-35-26)21-8-12-29-33-13-14-37(29)16-21/h2-4,7-8,10,12-16,19,22,27H,5-6,9,11,17-18H2,1H3,(H,34,39)(H,35,36). The van der Waals surface area contributed by atoms with Gasteiger partial charge in [-0.1, -0.05) is 6.07 Å². The zero-order chi connectivity index (χ0) is 27.2. The molecule has 204 valence electrons. The summed E-state index contributed by atoms with van der Waals surface area (Å²) >= 11 is 0. The molecular formula is C31H31FN6O2. The van der Waals surface area contributed by atoms with Gasteiger partial charge >= 0.3 is 0 Å². The van der Waals surface area contributed by atoms with Crippen molar-refractivity contribution in [3.8, 4) is 17.0 Å². The molecule has 7 rings (SSSR count). The second-order valence-electron chi connectivity index (χ2n) is 10.9. The lowest BCUT2D eigenvalue weighted by Gasteiger charge is -2.40. The Kier molecular flexibility index (Phi) is 6.23. The molecule has 2 fully saturated rings. The van der Waals surface area contributed by atoms with Gasteiger partial charge in [-0.05, 0) is 74.1 Å². The fraction of sp³-hybridized carbons (Fsp3) is 0.323. The normalized spacial score (nSPS) is 19.8. The van der Waals surface area contributed by atoms with Crippen LogP contribution in [0.15, 0.2) is 67.1 Å². The van der Waals surface area contributed by atoms with Crippen LogP contribution < -0.4 is 10.1 Å². The molecule has 2 atom stereocenters. The third-order valence-corrected chi connectivity index (χ3v) is 8.38. The molecule has 1 saturated heterocycles. The summed E-state index contributed by atoms with van der Waals surface area (Å²) in [4.78, 5) is 20.1. The number of hydrogen-bond acceptors (Lipinski definition) is 5. The van der Waals surface area contributed by atoms with Gasteiger partial charge in [-0.2, -0.15) is 5.10 Å². The van der Waals surface area contributed by atoms with Gasteiger partial charge in [0.05, 0.1) is 12.6 Å². The van der Waals surface area contributed by atoms with Gasteiger partial charge in [-0.25, -0.2) is 9.37 Å². The maximum absolute atomic E-state index is 14.8. The predicted molar refractivity (Wildman–Crippen MR) is 151 cm³/mol. The first kappa shape index (κ1) is 24.8. The molecule has 2 unspecified atom stereocenters. The van der Waals surface area contributed by atoms with Gasteiger partial charge in [0.15, 0.2) is 0 Å². The van der Waals surface area contributed by atoms with Crippen LogP contribution in [0.1, 0.15) is 41.6 Å². The van der Waals surface area contributed by atoms with E-state index >= 15 is 0 Å². The second kappa shape index (κ2) is 10.1. The van der Waals surface area contributed by atoms with Crippen molar-refractivity contribution in [3.05, 3.63) is 84.1 Å². The van der Waals surface area contributed by atoms with E-state index in [1.165, 1.54) is 18.9 Å². The molecule has 3 aromatic heterocycles. The zero-order valence-electron chi connectivity index (χ0n) is 22.3. The Morgan fingerprint density at radius 2 is 2.05 bits per heavy atom. The number of rotatable bonds is 7. The molecule has 1 aliphatic carbocycles. The number of halogens is 1. The summed E-state index contributed by atoms with van der Waals surface area (Å²) in [5.74, 6) is 0.851. The number of benzene rings is 2. The largest absolute Gasteiger partial charge is 0.496 e. The van der Waals surface area contributed by atoms with Crippen LogP contribution in [0.5, 0.6) is 5.75 Å². The quantitative estimate of drug-likeness (QED) is 0.298. The summed E-state index contributed by atoms with van der Waals surface area (Å²) in [6.07, 6.45) is 9.96. The minimum Gasteiger partial charge on any atom is -0.496 e. The van der Waals surface area contributed by atoms with Crippen molar-refractivity contribution in [1.29, 1.82) is 0 Å². The highest BCUT2D eigenvalue weighted by Crippen LogP contribution is 2.40. The monoisotopic (exact) mass is 538 g/mol. The van der Waals surface area contributed by atoms with Gasteiger partial charge in [0.25, 0.3) is 5.91 Å². The summed E-state index contributed by atoms with van der Waals surface area (Å²) in [6.45, 7) is 1.14. The number of aromatic nitrogens is 4. The Morgan fingerprint density at radius 1 is 1.15 bits per heavy atom.